The number of amides is 3. The van der Waals surface area contributed by atoms with Crippen molar-refractivity contribution in [3.05, 3.63) is 59.2 Å². The Hall–Kier alpha value is -3.29. The van der Waals surface area contributed by atoms with Crippen molar-refractivity contribution in [3.8, 4) is 0 Å². The van der Waals surface area contributed by atoms with E-state index in [1.54, 1.807) is 19.9 Å². The summed E-state index contributed by atoms with van der Waals surface area (Å²) in [6, 6.07) is 7.42. The largest absolute Gasteiger partial charge is 0.345 e. The maximum atomic E-state index is 13.7. The molecule has 1 atom stereocenters. The smallest absolute Gasteiger partial charge is 0.246 e. The van der Waals surface area contributed by atoms with Crippen LogP contribution in [0.5, 0.6) is 0 Å². The molecule has 0 radical (unpaired) electrons. The summed E-state index contributed by atoms with van der Waals surface area (Å²) in [5.41, 5.74) is 1.84. The molecular weight excluding hydrogens is 380 g/mol. The van der Waals surface area contributed by atoms with Gasteiger partial charge in [-0.15, -0.1) is 0 Å². The predicted molar refractivity (Wildman–Crippen MR) is 106 cm³/mol. The first-order valence-electron chi connectivity index (χ1n) is 9.08. The molecule has 0 fully saturated rings. The van der Waals surface area contributed by atoms with Crippen molar-refractivity contribution in [1.29, 1.82) is 0 Å². The Morgan fingerprint density at radius 2 is 1.59 bits per heavy atom. The van der Waals surface area contributed by atoms with Crippen LogP contribution in [0.15, 0.2) is 36.4 Å². The van der Waals surface area contributed by atoms with Gasteiger partial charge >= 0.3 is 0 Å². The molecule has 3 amide bonds. The van der Waals surface area contributed by atoms with E-state index in [0.29, 0.717) is 11.3 Å². The maximum Gasteiger partial charge on any atom is 0.246 e. The fraction of sp³-hybridized carbons (Fsp3) is 0.286. The Kier molecular flexibility index (Phi) is 7.41. The maximum absolute atomic E-state index is 13.7. The van der Waals surface area contributed by atoms with Crippen molar-refractivity contribution in [3.63, 3.8) is 0 Å². The van der Waals surface area contributed by atoms with Gasteiger partial charge in [-0.2, -0.15) is 0 Å². The molecule has 0 saturated carbocycles. The number of anilines is 2. The number of halogens is 2. The Labute approximate surface area is 167 Å². The quantitative estimate of drug-likeness (QED) is 0.662. The summed E-state index contributed by atoms with van der Waals surface area (Å²) < 4.78 is 26.8. The number of hydrogen-bond acceptors (Lipinski definition) is 3. The van der Waals surface area contributed by atoms with Gasteiger partial charge in [-0.3, -0.25) is 14.4 Å². The molecule has 2 aromatic carbocycles. The number of rotatable bonds is 7. The third-order valence-corrected chi connectivity index (χ3v) is 4.19. The monoisotopic (exact) mass is 403 g/mol. The van der Waals surface area contributed by atoms with Crippen molar-refractivity contribution in [2.45, 2.75) is 39.7 Å². The van der Waals surface area contributed by atoms with Crippen LogP contribution in [0.25, 0.3) is 0 Å². The third kappa shape index (κ3) is 6.67. The lowest BCUT2D eigenvalue weighted by Gasteiger charge is -2.15. The highest BCUT2D eigenvalue weighted by molar-refractivity contribution is 5.98. The topological polar surface area (TPSA) is 87.3 Å². The Bertz CT molecular complexity index is 931. The summed E-state index contributed by atoms with van der Waals surface area (Å²) in [5, 5.41) is 7.52. The van der Waals surface area contributed by atoms with E-state index in [9.17, 15) is 23.2 Å². The number of nitrogens with one attached hydrogen (secondary N) is 3. The lowest BCUT2D eigenvalue weighted by atomic mass is 10.2. The van der Waals surface area contributed by atoms with Crippen LogP contribution in [0.1, 0.15) is 30.9 Å². The lowest BCUT2D eigenvalue weighted by molar-refractivity contribution is -0.127. The molecule has 0 saturated heterocycles. The average molecular weight is 403 g/mol. The molecule has 0 heterocycles. The molecule has 0 bridgehead atoms. The fourth-order valence-corrected chi connectivity index (χ4v) is 2.56. The van der Waals surface area contributed by atoms with E-state index in [4.69, 9.17) is 0 Å². The average Bonchev–Trinajstić information content (AvgIpc) is 2.65. The van der Waals surface area contributed by atoms with Crippen LogP contribution in [0, 0.1) is 25.5 Å². The molecule has 8 heteroatoms. The minimum atomic E-state index is -0.857. The van der Waals surface area contributed by atoms with Crippen LogP contribution in [-0.4, -0.2) is 23.8 Å². The van der Waals surface area contributed by atoms with Crippen LogP contribution in [-0.2, 0) is 14.4 Å². The molecular formula is C21H23F2N3O3. The highest BCUT2D eigenvalue weighted by Gasteiger charge is 2.17. The zero-order chi connectivity index (χ0) is 21.6. The summed E-state index contributed by atoms with van der Waals surface area (Å²) >= 11 is 0. The number of carbonyl (C=O) groups excluding carboxylic acids is 3. The summed E-state index contributed by atoms with van der Waals surface area (Å²) in [4.78, 5) is 36.1. The van der Waals surface area contributed by atoms with Gasteiger partial charge < -0.3 is 16.0 Å². The highest BCUT2D eigenvalue weighted by atomic mass is 19.1. The van der Waals surface area contributed by atoms with Gasteiger partial charge in [-0.25, -0.2) is 8.78 Å². The molecule has 0 aliphatic rings. The van der Waals surface area contributed by atoms with Crippen molar-refractivity contribution in [2.24, 2.45) is 0 Å². The minimum absolute atomic E-state index is 0.0535. The second kappa shape index (κ2) is 9.77. The van der Waals surface area contributed by atoms with Gasteiger partial charge in [0, 0.05) is 18.5 Å². The van der Waals surface area contributed by atoms with Crippen LogP contribution in [0.3, 0.4) is 0 Å². The van der Waals surface area contributed by atoms with Gasteiger partial charge in [0.05, 0.1) is 5.69 Å². The van der Waals surface area contributed by atoms with Crippen LogP contribution in [0.4, 0.5) is 20.2 Å². The van der Waals surface area contributed by atoms with E-state index in [2.05, 4.69) is 16.0 Å². The van der Waals surface area contributed by atoms with Gasteiger partial charge in [-0.1, -0.05) is 6.07 Å². The lowest BCUT2D eigenvalue weighted by Crippen LogP contribution is -2.41. The van der Waals surface area contributed by atoms with E-state index < -0.39 is 35.4 Å². The normalized spacial score (nSPS) is 11.5. The van der Waals surface area contributed by atoms with Gasteiger partial charge in [0.1, 0.15) is 17.7 Å². The number of carbonyl (C=O) groups is 3. The second-order valence-corrected chi connectivity index (χ2v) is 6.77. The first kappa shape index (κ1) is 22.0. The van der Waals surface area contributed by atoms with E-state index in [1.807, 2.05) is 0 Å². The van der Waals surface area contributed by atoms with Crippen LogP contribution in [0.2, 0.25) is 0 Å². The summed E-state index contributed by atoms with van der Waals surface area (Å²) in [6.45, 7) is 4.91. The molecule has 2 rings (SSSR count). The SMILES string of the molecule is Cc1ccc(F)c(NC(=O)CCC(=O)N[C@@H](C)C(=O)Nc2ccc(F)cc2C)c1. The second-order valence-electron chi connectivity index (χ2n) is 6.77. The van der Waals surface area contributed by atoms with Gasteiger partial charge in [0.15, 0.2) is 0 Å². The van der Waals surface area contributed by atoms with Crippen molar-refractivity contribution >= 4 is 29.1 Å². The van der Waals surface area contributed by atoms with E-state index >= 15 is 0 Å². The highest BCUT2D eigenvalue weighted by Crippen LogP contribution is 2.17. The Morgan fingerprint density at radius 1 is 0.897 bits per heavy atom. The fourth-order valence-electron chi connectivity index (χ4n) is 2.56. The van der Waals surface area contributed by atoms with Crippen LogP contribution < -0.4 is 16.0 Å². The predicted octanol–water partition coefficient (Wildman–Crippen LogP) is 3.44. The molecule has 154 valence electrons. The minimum Gasteiger partial charge on any atom is -0.345 e. The van der Waals surface area contributed by atoms with Crippen molar-refractivity contribution in [2.75, 3.05) is 10.6 Å². The summed E-state index contributed by atoms with van der Waals surface area (Å²) in [7, 11) is 0. The number of benzene rings is 2. The number of hydrogen-bond donors (Lipinski definition) is 3. The van der Waals surface area contributed by atoms with Crippen molar-refractivity contribution in [1.82, 2.24) is 5.32 Å². The first-order valence-corrected chi connectivity index (χ1v) is 9.08. The first-order chi connectivity index (χ1) is 13.7. The zero-order valence-corrected chi connectivity index (χ0v) is 16.4. The molecule has 6 nitrogen and oxygen atoms in total. The zero-order valence-electron chi connectivity index (χ0n) is 16.4. The summed E-state index contributed by atoms with van der Waals surface area (Å²) in [5.74, 6) is -2.45. The van der Waals surface area contributed by atoms with E-state index in [0.717, 1.165) is 5.56 Å². The molecule has 2 aromatic rings. The third-order valence-electron chi connectivity index (χ3n) is 4.19. The Morgan fingerprint density at radius 3 is 2.28 bits per heavy atom. The molecule has 0 spiro atoms. The molecule has 0 aliphatic heterocycles. The van der Waals surface area contributed by atoms with Gasteiger partial charge in [0.25, 0.3) is 0 Å². The summed E-state index contributed by atoms with van der Waals surface area (Å²) in [6.07, 6.45) is -0.322. The molecule has 29 heavy (non-hydrogen) atoms. The molecule has 0 unspecified atom stereocenters. The van der Waals surface area contributed by atoms with Gasteiger partial charge in [-0.05, 0) is 62.2 Å². The Balaban J connectivity index is 1.81. The van der Waals surface area contributed by atoms with Gasteiger partial charge in [0.2, 0.25) is 17.7 Å². The molecule has 0 aliphatic carbocycles. The standard InChI is InChI=1S/C21H23F2N3O3/c1-12-4-6-16(23)18(10-12)25-20(28)9-8-19(27)24-14(3)21(29)26-17-7-5-15(22)11-13(17)2/h4-7,10-11,14H,8-9H2,1-3H3,(H,24,27)(H,25,28)(H,26,29)/t14-/m0/s1. The molecule has 3 N–H and O–H groups in total. The van der Waals surface area contributed by atoms with Crippen LogP contribution >= 0.6 is 0 Å². The number of aryl methyl sites for hydroxylation is 2. The van der Waals surface area contributed by atoms with E-state index in [1.165, 1.54) is 37.3 Å². The van der Waals surface area contributed by atoms with E-state index in [-0.39, 0.29) is 18.5 Å². The van der Waals surface area contributed by atoms with Crippen molar-refractivity contribution < 1.29 is 23.2 Å². The molecule has 0 aromatic heterocycles.